The molecular formula is C18H20N4O4. The summed E-state index contributed by atoms with van der Waals surface area (Å²) in [5.41, 5.74) is 5.10. The van der Waals surface area contributed by atoms with E-state index in [1.165, 1.54) is 19.2 Å². The van der Waals surface area contributed by atoms with Crippen molar-refractivity contribution >= 4 is 17.7 Å². The lowest BCUT2D eigenvalue weighted by Crippen LogP contribution is -2.65. The van der Waals surface area contributed by atoms with E-state index in [1.54, 1.807) is 18.3 Å². The first kappa shape index (κ1) is 19.1. The molecule has 2 aromatic rings. The molecule has 26 heavy (non-hydrogen) atoms. The number of amides is 3. The summed E-state index contributed by atoms with van der Waals surface area (Å²) in [4.78, 5) is 40.9. The number of aryl methyl sites for hydroxylation is 1. The Morgan fingerprint density at radius 3 is 2.31 bits per heavy atom. The molecule has 0 bridgehead atoms. The third-order valence-electron chi connectivity index (χ3n) is 4.02. The first-order valence-electron chi connectivity index (χ1n) is 7.77. The zero-order chi connectivity index (χ0) is 19.5. The van der Waals surface area contributed by atoms with Crippen LogP contribution in [0.25, 0.3) is 11.3 Å². The number of primary amides is 1. The summed E-state index contributed by atoms with van der Waals surface area (Å²) in [5, 5.41) is 12.4. The number of aromatic nitrogens is 1. The number of hydrogen-bond acceptors (Lipinski definition) is 5. The molecule has 1 atom stereocenters. The van der Waals surface area contributed by atoms with Crippen LogP contribution in [0.1, 0.15) is 15.9 Å². The van der Waals surface area contributed by atoms with Crippen molar-refractivity contribution in [3.05, 3.63) is 53.7 Å². The zero-order valence-electron chi connectivity index (χ0n) is 14.7. The Labute approximate surface area is 150 Å². The van der Waals surface area contributed by atoms with Crippen molar-refractivity contribution < 1.29 is 19.5 Å². The van der Waals surface area contributed by atoms with E-state index in [1.807, 2.05) is 19.1 Å². The van der Waals surface area contributed by atoms with Gasteiger partial charge in [0.25, 0.3) is 17.7 Å². The van der Waals surface area contributed by atoms with Crippen molar-refractivity contribution in [2.45, 2.75) is 12.6 Å². The number of nitrogens with one attached hydrogen (secondary N) is 1. The molecule has 4 N–H and O–H groups in total. The van der Waals surface area contributed by atoms with Gasteiger partial charge in [0.05, 0.1) is 5.69 Å². The summed E-state index contributed by atoms with van der Waals surface area (Å²) < 4.78 is 0. The number of benzene rings is 1. The van der Waals surface area contributed by atoms with E-state index >= 15 is 0 Å². The van der Waals surface area contributed by atoms with Gasteiger partial charge >= 0.3 is 5.72 Å². The van der Waals surface area contributed by atoms with E-state index in [0.29, 0.717) is 4.90 Å². The van der Waals surface area contributed by atoms with Crippen LogP contribution >= 0.6 is 0 Å². The summed E-state index contributed by atoms with van der Waals surface area (Å²) >= 11 is 0. The lowest BCUT2D eigenvalue weighted by atomic mass is 10.0. The third-order valence-corrected chi connectivity index (χ3v) is 4.02. The minimum absolute atomic E-state index is 0.174. The Kier molecular flexibility index (Phi) is 5.37. The summed E-state index contributed by atoms with van der Waals surface area (Å²) in [6, 6.07) is 10.2. The maximum Gasteiger partial charge on any atom is 0.302 e. The number of nitrogens with zero attached hydrogens (tertiary/aromatic N) is 2. The quantitative estimate of drug-likeness (QED) is 0.515. The minimum Gasteiger partial charge on any atom is -0.365 e. The molecule has 1 unspecified atom stereocenters. The van der Waals surface area contributed by atoms with Gasteiger partial charge in [-0.2, -0.15) is 0 Å². The van der Waals surface area contributed by atoms with Crippen LogP contribution < -0.4 is 11.1 Å². The van der Waals surface area contributed by atoms with Crippen LogP contribution in [0.5, 0.6) is 0 Å². The molecule has 1 heterocycles. The molecule has 0 aliphatic carbocycles. The molecule has 2 rings (SSSR count). The molecule has 1 aromatic heterocycles. The van der Waals surface area contributed by atoms with E-state index < -0.39 is 23.4 Å². The summed E-state index contributed by atoms with van der Waals surface area (Å²) in [6.07, 6.45) is 1.69. The Bertz CT molecular complexity index is 851. The number of rotatable bonds is 5. The largest absolute Gasteiger partial charge is 0.365 e. The van der Waals surface area contributed by atoms with Gasteiger partial charge < -0.3 is 16.2 Å². The fourth-order valence-electron chi connectivity index (χ4n) is 2.42. The van der Waals surface area contributed by atoms with Gasteiger partial charge in [0.1, 0.15) is 0 Å². The van der Waals surface area contributed by atoms with E-state index in [4.69, 9.17) is 5.73 Å². The van der Waals surface area contributed by atoms with Gasteiger partial charge in [-0.25, -0.2) is 0 Å². The molecule has 0 aliphatic heterocycles. The fourth-order valence-corrected chi connectivity index (χ4v) is 2.42. The van der Waals surface area contributed by atoms with Crippen molar-refractivity contribution in [3.8, 4) is 11.3 Å². The van der Waals surface area contributed by atoms with Gasteiger partial charge in [-0.15, -0.1) is 0 Å². The van der Waals surface area contributed by atoms with Gasteiger partial charge in [0.15, 0.2) is 0 Å². The predicted molar refractivity (Wildman–Crippen MR) is 94.7 cm³/mol. The number of carbonyl (C=O) groups excluding carboxylic acids is 3. The van der Waals surface area contributed by atoms with Crippen LogP contribution in [-0.4, -0.2) is 52.5 Å². The molecule has 1 aromatic carbocycles. The molecule has 3 amide bonds. The molecule has 0 fully saturated rings. The van der Waals surface area contributed by atoms with Crippen molar-refractivity contribution in [2.24, 2.45) is 5.73 Å². The molecule has 8 heteroatoms. The van der Waals surface area contributed by atoms with E-state index in [9.17, 15) is 19.5 Å². The van der Waals surface area contributed by atoms with Gasteiger partial charge in [-0.3, -0.25) is 24.3 Å². The van der Waals surface area contributed by atoms with Crippen LogP contribution in [0.15, 0.2) is 42.6 Å². The topological polar surface area (TPSA) is 126 Å². The highest BCUT2D eigenvalue weighted by Gasteiger charge is 2.48. The van der Waals surface area contributed by atoms with Gasteiger partial charge in [-0.05, 0) is 36.8 Å². The SMILES string of the molecule is CNC(=O)C(O)(C(N)=O)N(C)C(=O)c1ccc(-c2cc(C)ccn2)cc1. The highest BCUT2D eigenvalue weighted by atomic mass is 16.3. The Morgan fingerprint density at radius 1 is 1.19 bits per heavy atom. The zero-order valence-corrected chi connectivity index (χ0v) is 14.7. The normalized spacial score (nSPS) is 12.8. The average Bonchev–Trinajstić information content (AvgIpc) is 2.65. The highest BCUT2D eigenvalue weighted by molar-refractivity contribution is 6.11. The van der Waals surface area contributed by atoms with E-state index in [0.717, 1.165) is 23.9 Å². The molecule has 136 valence electrons. The third kappa shape index (κ3) is 3.40. The number of aliphatic hydroxyl groups is 1. The number of nitrogens with two attached hydrogens (primary N) is 1. The second kappa shape index (κ2) is 7.32. The lowest BCUT2D eigenvalue weighted by Gasteiger charge is -2.32. The molecule has 8 nitrogen and oxygen atoms in total. The fraction of sp³-hybridized carbons (Fsp3) is 0.222. The van der Waals surface area contributed by atoms with Crippen LogP contribution in [0, 0.1) is 6.92 Å². The van der Waals surface area contributed by atoms with Crippen molar-refractivity contribution in [2.75, 3.05) is 14.1 Å². The van der Waals surface area contributed by atoms with Crippen molar-refractivity contribution in [1.82, 2.24) is 15.2 Å². The number of likely N-dealkylation sites (N-methyl/N-ethyl adjacent to an activating group) is 2. The van der Waals surface area contributed by atoms with Gasteiger partial charge in [0.2, 0.25) is 0 Å². The molecule has 0 spiro atoms. The molecule has 0 saturated heterocycles. The molecule has 0 radical (unpaired) electrons. The minimum atomic E-state index is -2.79. The maximum absolute atomic E-state index is 12.6. The van der Waals surface area contributed by atoms with Gasteiger partial charge in [-0.1, -0.05) is 12.1 Å². The Hall–Kier alpha value is -3.26. The summed E-state index contributed by atoms with van der Waals surface area (Å²) in [5.74, 6) is -3.19. The standard InChI is InChI=1S/C18H20N4O4/c1-11-8-9-21-14(10-11)12-4-6-13(7-5-12)15(23)22(3)18(26,16(19)24)17(25)20-2/h4-10,26H,1-3H3,(H2,19,24)(H,20,25). The van der Waals surface area contributed by atoms with Gasteiger partial charge in [0, 0.05) is 31.4 Å². The first-order valence-corrected chi connectivity index (χ1v) is 7.77. The Balaban J connectivity index is 2.32. The van der Waals surface area contributed by atoms with Crippen LogP contribution in [-0.2, 0) is 9.59 Å². The van der Waals surface area contributed by atoms with E-state index in [2.05, 4.69) is 10.3 Å². The predicted octanol–water partition coefficient (Wildman–Crippen LogP) is 0.0489. The molecular weight excluding hydrogens is 336 g/mol. The number of carbonyl (C=O) groups is 3. The lowest BCUT2D eigenvalue weighted by molar-refractivity contribution is -0.166. The van der Waals surface area contributed by atoms with E-state index in [-0.39, 0.29) is 5.56 Å². The first-order chi connectivity index (χ1) is 12.2. The second-order valence-electron chi connectivity index (χ2n) is 5.78. The average molecular weight is 356 g/mol. The van der Waals surface area contributed by atoms with Crippen molar-refractivity contribution in [1.29, 1.82) is 0 Å². The molecule has 0 aliphatic rings. The maximum atomic E-state index is 12.6. The summed E-state index contributed by atoms with van der Waals surface area (Å²) in [6.45, 7) is 1.95. The second-order valence-corrected chi connectivity index (χ2v) is 5.78. The smallest absolute Gasteiger partial charge is 0.302 e. The summed E-state index contributed by atoms with van der Waals surface area (Å²) in [7, 11) is 2.34. The highest BCUT2D eigenvalue weighted by Crippen LogP contribution is 2.20. The number of pyridine rings is 1. The number of hydrogen-bond donors (Lipinski definition) is 3. The Morgan fingerprint density at radius 2 is 1.81 bits per heavy atom. The van der Waals surface area contributed by atoms with Crippen LogP contribution in [0.4, 0.5) is 0 Å². The van der Waals surface area contributed by atoms with Crippen LogP contribution in [0.3, 0.4) is 0 Å². The van der Waals surface area contributed by atoms with Crippen LogP contribution in [0.2, 0.25) is 0 Å². The molecule has 0 saturated carbocycles. The van der Waals surface area contributed by atoms with Crippen molar-refractivity contribution in [3.63, 3.8) is 0 Å². The monoisotopic (exact) mass is 356 g/mol.